The largest absolute Gasteiger partial charge is 0.490 e. The van der Waals surface area contributed by atoms with E-state index >= 15 is 0 Å². The summed E-state index contributed by atoms with van der Waals surface area (Å²) in [6.07, 6.45) is -2.84. The Balaban J connectivity index is 2.68. The maximum atomic E-state index is 13.0. The van der Waals surface area contributed by atoms with Gasteiger partial charge in [-0.05, 0) is 26.3 Å². The summed E-state index contributed by atoms with van der Waals surface area (Å²) in [6, 6.07) is 0. The topological polar surface area (TPSA) is 22.1 Å². The van der Waals surface area contributed by atoms with Gasteiger partial charge < -0.3 is 4.74 Å². The van der Waals surface area contributed by atoms with Gasteiger partial charge in [-0.1, -0.05) is 0 Å². The van der Waals surface area contributed by atoms with E-state index in [4.69, 9.17) is 4.74 Å². The SMILES string of the molecule is Cc1cnc(C)c2c1C(C)(C(F)(F)F)CO2. The van der Waals surface area contributed by atoms with Crippen LogP contribution in [0.1, 0.15) is 23.7 Å². The standard InChI is InChI=1S/C11H12F3NO/c1-6-4-15-7(2)9-8(6)10(3,5-16-9)11(12,13)14/h4H,5H2,1-3H3. The Morgan fingerprint density at radius 3 is 2.56 bits per heavy atom. The number of aryl methyl sites for hydroxylation is 2. The first-order chi connectivity index (χ1) is 7.27. The summed E-state index contributed by atoms with van der Waals surface area (Å²) in [4.78, 5) is 4.01. The molecule has 0 N–H and O–H groups in total. The summed E-state index contributed by atoms with van der Waals surface area (Å²) in [6.45, 7) is 4.09. The summed E-state index contributed by atoms with van der Waals surface area (Å²) in [7, 11) is 0. The Morgan fingerprint density at radius 2 is 2.00 bits per heavy atom. The lowest BCUT2D eigenvalue weighted by atomic mass is 9.81. The Hall–Kier alpha value is -1.26. The number of aromatic nitrogens is 1. The van der Waals surface area contributed by atoms with Gasteiger partial charge in [-0.2, -0.15) is 13.2 Å². The van der Waals surface area contributed by atoms with Crippen molar-refractivity contribution in [3.8, 4) is 5.75 Å². The van der Waals surface area contributed by atoms with Crippen molar-refractivity contribution in [3.63, 3.8) is 0 Å². The summed E-state index contributed by atoms with van der Waals surface area (Å²) >= 11 is 0. The molecule has 0 saturated carbocycles. The first-order valence-electron chi connectivity index (χ1n) is 4.93. The number of hydrogen-bond acceptors (Lipinski definition) is 2. The highest BCUT2D eigenvalue weighted by Crippen LogP contribution is 2.50. The third-order valence-electron chi connectivity index (χ3n) is 3.08. The molecule has 0 aliphatic carbocycles. The Morgan fingerprint density at radius 1 is 1.38 bits per heavy atom. The summed E-state index contributed by atoms with van der Waals surface area (Å²) in [5.41, 5.74) is -0.654. The molecular formula is C11H12F3NO. The van der Waals surface area contributed by atoms with Crippen LogP contribution in [-0.2, 0) is 5.41 Å². The van der Waals surface area contributed by atoms with E-state index in [0.717, 1.165) is 0 Å². The number of alkyl halides is 3. The second-order valence-corrected chi connectivity index (χ2v) is 4.35. The van der Waals surface area contributed by atoms with Crippen molar-refractivity contribution in [3.05, 3.63) is 23.0 Å². The molecule has 0 spiro atoms. The molecule has 2 rings (SSSR count). The second-order valence-electron chi connectivity index (χ2n) is 4.35. The molecule has 2 heterocycles. The lowest BCUT2D eigenvalue weighted by Crippen LogP contribution is -2.41. The molecular weight excluding hydrogens is 219 g/mol. The molecule has 1 aliphatic heterocycles. The third kappa shape index (κ3) is 1.30. The molecule has 1 aliphatic rings. The number of hydrogen-bond donors (Lipinski definition) is 0. The van der Waals surface area contributed by atoms with Crippen LogP contribution in [0.2, 0.25) is 0 Å². The van der Waals surface area contributed by atoms with Crippen molar-refractivity contribution in [1.29, 1.82) is 0 Å². The normalized spacial score (nSPS) is 24.1. The summed E-state index contributed by atoms with van der Waals surface area (Å²) in [5, 5.41) is 0. The number of rotatable bonds is 0. The van der Waals surface area contributed by atoms with E-state index in [0.29, 0.717) is 17.0 Å². The van der Waals surface area contributed by atoms with Crippen LogP contribution in [0, 0.1) is 13.8 Å². The van der Waals surface area contributed by atoms with Crippen LogP contribution in [-0.4, -0.2) is 17.8 Å². The smallest absolute Gasteiger partial charge is 0.401 e. The zero-order valence-electron chi connectivity index (χ0n) is 9.27. The van der Waals surface area contributed by atoms with Crippen LogP contribution in [0.4, 0.5) is 13.2 Å². The quantitative estimate of drug-likeness (QED) is 0.685. The molecule has 2 nitrogen and oxygen atoms in total. The van der Waals surface area contributed by atoms with E-state index in [1.165, 1.54) is 13.1 Å². The molecule has 0 fully saturated rings. The van der Waals surface area contributed by atoms with Gasteiger partial charge >= 0.3 is 6.18 Å². The fourth-order valence-corrected chi connectivity index (χ4v) is 2.05. The Bertz CT molecular complexity index is 442. The van der Waals surface area contributed by atoms with Gasteiger partial charge in [0.1, 0.15) is 17.8 Å². The monoisotopic (exact) mass is 231 g/mol. The van der Waals surface area contributed by atoms with Gasteiger partial charge in [0.2, 0.25) is 0 Å². The van der Waals surface area contributed by atoms with Crippen molar-refractivity contribution < 1.29 is 17.9 Å². The average molecular weight is 231 g/mol. The third-order valence-corrected chi connectivity index (χ3v) is 3.08. The number of fused-ring (bicyclic) bond motifs is 1. The molecule has 5 heteroatoms. The van der Waals surface area contributed by atoms with E-state index in [-0.39, 0.29) is 12.2 Å². The minimum Gasteiger partial charge on any atom is -0.490 e. The molecule has 0 saturated heterocycles. The van der Waals surface area contributed by atoms with Gasteiger partial charge in [0.05, 0.1) is 5.69 Å². The molecule has 0 amide bonds. The van der Waals surface area contributed by atoms with Crippen molar-refractivity contribution >= 4 is 0 Å². The average Bonchev–Trinajstić information content (AvgIpc) is 2.52. The molecule has 0 aromatic carbocycles. The zero-order valence-corrected chi connectivity index (χ0v) is 9.27. The maximum absolute atomic E-state index is 13.0. The van der Waals surface area contributed by atoms with Crippen LogP contribution in [0.5, 0.6) is 5.75 Å². The van der Waals surface area contributed by atoms with Gasteiger partial charge in [-0.15, -0.1) is 0 Å². The molecule has 1 aromatic rings. The van der Waals surface area contributed by atoms with Crippen molar-refractivity contribution in [1.82, 2.24) is 4.98 Å². The van der Waals surface area contributed by atoms with Gasteiger partial charge in [0.25, 0.3) is 0 Å². The van der Waals surface area contributed by atoms with Crippen LogP contribution < -0.4 is 4.74 Å². The second kappa shape index (κ2) is 3.12. The molecule has 88 valence electrons. The van der Waals surface area contributed by atoms with Crippen LogP contribution >= 0.6 is 0 Å². The molecule has 1 unspecified atom stereocenters. The minimum absolute atomic E-state index is 0.229. The van der Waals surface area contributed by atoms with Crippen LogP contribution in [0.3, 0.4) is 0 Å². The fourth-order valence-electron chi connectivity index (χ4n) is 2.05. The molecule has 1 aromatic heterocycles. The zero-order chi connectivity index (χ0) is 12.1. The Kier molecular flexibility index (Phi) is 2.19. The highest BCUT2D eigenvalue weighted by molar-refractivity contribution is 5.50. The summed E-state index contributed by atoms with van der Waals surface area (Å²) < 4.78 is 44.3. The van der Waals surface area contributed by atoms with E-state index in [1.807, 2.05) is 0 Å². The van der Waals surface area contributed by atoms with E-state index in [9.17, 15) is 13.2 Å². The van der Waals surface area contributed by atoms with Gasteiger partial charge in [0, 0.05) is 11.8 Å². The van der Waals surface area contributed by atoms with Crippen molar-refractivity contribution in [2.75, 3.05) is 6.61 Å². The Labute approximate surface area is 91.4 Å². The first-order valence-corrected chi connectivity index (χ1v) is 4.93. The lowest BCUT2D eigenvalue weighted by molar-refractivity contribution is -0.187. The maximum Gasteiger partial charge on any atom is 0.401 e. The minimum atomic E-state index is -4.31. The number of nitrogens with zero attached hydrogens (tertiary/aromatic N) is 1. The molecule has 1 atom stereocenters. The first kappa shape index (κ1) is 11.2. The molecule has 0 radical (unpaired) electrons. The number of ether oxygens (including phenoxy) is 1. The van der Waals surface area contributed by atoms with E-state index in [1.54, 1.807) is 13.8 Å². The van der Waals surface area contributed by atoms with Gasteiger partial charge in [-0.25, -0.2) is 0 Å². The van der Waals surface area contributed by atoms with Gasteiger partial charge in [0.15, 0.2) is 0 Å². The molecule has 0 bridgehead atoms. The predicted molar refractivity (Wildman–Crippen MR) is 52.6 cm³/mol. The number of halogens is 3. The van der Waals surface area contributed by atoms with Crippen molar-refractivity contribution in [2.45, 2.75) is 32.4 Å². The predicted octanol–water partition coefficient (Wildman–Crippen LogP) is 2.91. The van der Waals surface area contributed by atoms with Crippen LogP contribution in [0.15, 0.2) is 6.20 Å². The van der Waals surface area contributed by atoms with Gasteiger partial charge in [-0.3, -0.25) is 4.98 Å². The van der Waals surface area contributed by atoms with E-state index < -0.39 is 11.6 Å². The number of pyridine rings is 1. The highest BCUT2D eigenvalue weighted by Gasteiger charge is 2.58. The van der Waals surface area contributed by atoms with Crippen molar-refractivity contribution in [2.24, 2.45) is 0 Å². The fraction of sp³-hybridized carbons (Fsp3) is 0.545. The highest BCUT2D eigenvalue weighted by atomic mass is 19.4. The van der Waals surface area contributed by atoms with E-state index in [2.05, 4.69) is 4.98 Å². The summed E-state index contributed by atoms with van der Waals surface area (Å²) in [5.74, 6) is 0.292. The van der Waals surface area contributed by atoms with Crippen LogP contribution in [0.25, 0.3) is 0 Å². The lowest BCUT2D eigenvalue weighted by Gasteiger charge is -2.26. The molecule has 16 heavy (non-hydrogen) atoms.